The van der Waals surface area contributed by atoms with E-state index in [9.17, 15) is 20.3 Å². The van der Waals surface area contributed by atoms with Gasteiger partial charge in [-0.2, -0.15) is 0 Å². The summed E-state index contributed by atoms with van der Waals surface area (Å²) in [5.41, 5.74) is 0.933. The Bertz CT molecular complexity index is 833. The van der Waals surface area contributed by atoms with Gasteiger partial charge in [0, 0.05) is 25.2 Å². The van der Waals surface area contributed by atoms with Gasteiger partial charge in [0.05, 0.1) is 23.3 Å². The van der Waals surface area contributed by atoms with E-state index in [0.717, 1.165) is 45.2 Å². The molecule has 0 spiro atoms. The number of tetrazole rings is 1. The molecule has 2 heterocycles. The van der Waals surface area contributed by atoms with Crippen LogP contribution in [-0.2, 0) is 0 Å². The first-order chi connectivity index (χ1) is 15.0. The molecule has 3 N–H and O–H groups in total. The number of hydrogen-bond acceptors (Lipinski definition) is 9. The van der Waals surface area contributed by atoms with E-state index in [4.69, 9.17) is 0 Å². The summed E-state index contributed by atoms with van der Waals surface area (Å²) in [5.74, 6) is 0.0884. The maximum Gasteiger partial charge on any atom is 0.294 e. The van der Waals surface area contributed by atoms with Gasteiger partial charge in [-0.3, -0.25) is 15.0 Å². The van der Waals surface area contributed by atoms with Gasteiger partial charge < -0.3 is 15.5 Å². The number of aromatic nitrogens is 4. The molecule has 1 fully saturated rings. The second-order valence-electron chi connectivity index (χ2n) is 8.03. The topological polar surface area (TPSA) is 142 Å². The van der Waals surface area contributed by atoms with Gasteiger partial charge in [-0.15, -0.1) is 15.0 Å². The van der Waals surface area contributed by atoms with Crippen molar-refractivity contribution in [3.63, 3.8) is 0 Å². The summed E-state index contributed by atoms with van der Waals surface area (Å²) in [7, 11) is 0. The number of likely N-dealkylation sites (tertiary alicyclic amines) is 1. The van der Waals surface area contributed by atoms with Gasteiger partial charge >= 0.3 is 0 Å². The smallest absolute Gasteiger partial charge is 0.294 e. The molecule has 11 nitrogen and oxygen atoms in total. The van der Waals surface area contributed by atoms with Crippen LogP contribution in [0.4, 0.5) is 11.4 Å². The third-order valence-electron chi connectivity index (χ3n) is 6.03. The molecule has 11 heteroatoms. The van der Waals surface area contributed by atoms with Crippen molar-refractivity contribution in [1.29, 1.82) is 0 Å². The summed E-state index contributed by atoms with van der Waals surface area (Å²) >= 11 is 0. The maximum atomic E-state index is 11.4. The maximum absolute atomic E-state index is 11.4. The van der Waals surface area contributed by atoms with Crippen molar-refractivity contribution in [2.45, 2.75) is 51.2 Å². The number of aliphatic hydroxyl groups excluding tert-OH is 2. The van der Waals surface area contributed by atoms with Gasteiger partial charge in [0.2, 0.25) is 0 Å². The first kappa shape index (κ1) is 23.0. The quantitative estimate of drug-likeness (QED) is 0.273. The molecule has 1 aliphatic heterocycles. The fourth-order valence-electron chi connectivity index (χ4n) is 4.12. The Hall–Kier alpha value is -2.63. The van der Waals surface area contributed by atoms with E-state index in [0.29, 0.717) is 17.9 Å². The Kier molecular flexibility index (Phi) is 8.27. The zero-order valence-corrected chi connectivity index (χ0v) is 17.8. The van der Waals surface area contributed by atoms with E-state index >= 15 is 0 Å². The lowest BCUT2D eigenvalue weighted by molar-refractivity contribution is -0.383. The summed E-state index contributed by atoms with van der Waals surface area (Å²) < 4.78 is 0. The molecule has 0 saturated carbocycles. The molecular formula is C20H31N7O4. The molecule has 1 aromatic carbocycles. The molecule has 0 amide bonds. The molecule has 0 aliphatic carbocycles. The van der Waals surface area contributed by atoms with E-state index < -0.39 is 4.92 Å². The van der Waals surface area contributed by atoms with Crippen LogP contribution in [0.25, 0.3) is 5.69 Å². The molecule has 2 aromatic rings. The number of rotatable bonds is 11. The molecule has 0 radical (unpaired) electrons. The van der Waals surface area contributed by atoms with E-state index in [1.54, 1.807) is 12.1 Å². The number of benzene rings is 1. The number of nitrogens with one attached hydrogen (secondary N) is 1. The average Bonchev–Trinajstić information content (AvgIpc) is 3.30. The van der Waals surface area contributed by atoms with Gasteiger partial charge in [0.15, 0.2) is 6.33 Å². The number of unbranched alkanes of at least 4 members (excludes halogenated alkanes) is 3. The van der Waals surface area contributed by atoms with Crippen LogP contribution in [0.5, 0.6) is 0 Å². The molecule has 1 saturated heterocycles. The second kappa shape index (κ2) is 11.1. The Morgan fingerprint density at radius 3 is 2.81 bits per heavy atom. The highest BCUT2D eigenvalue weighted by molar-refractivity contribution is 5.64. The molecule has 1 aromatic heterocycles. The van der Waals surface area contributed by atoms with E-state index in [-0.39, 0.29) is 30.4 Å². The number of nitrogens with zero attached hydrogens (tertiary/aromatic N) is 6. The van der Waals surface area contributed by atoms with Crippen LogP contribution in [0.2, 0.25) is 0 Å². The summed E-state index contributed by atoms with van der Waals surface area (Å²) in [4.78, 5) is 14.5. The molecule has 170 valence electrons. The minimum Gasteiger partial charge on any atom is -0.395 e. The Morgan fingerprint density at radius 1 is 1.29 bits per heavy atom. The van der Waals surface area contributed by atoms with Crippen LogP contribution in [0.15, 0.2) is 24.5 Å². The van der Waals surface area contributed by atoms with Crippen LogP contribution in [-0.4, -0.2) is 78.6 Å². The normalized spacial score (nSPS) is 21.8. The van der Waals surface area contributed by atoms with Crippen molar-refractivity contribution in [1.82, 2.24) is 25.1 Å². The Morgan fingerprint density at radius 2 is 2.10 bits per heavy atom. The number of anilines is 1. The third-order valence-corrected chi connectivity index (χ3v) is 6.03. The minimum atomic E-state index is -0.420. The summed E-state index contributed by atoms with van der Waals surface area (Å²) in [6, 6.07) is 4.84. The predicted molar refractivity (Wildman–Crippen MR) is 115 cm³/mol. The van der Waals surface area contributed by atoms with Crippen molar-refractivity contribution in [2.75, 3.05) is 31.6 Å². The summed E-state index contributed by atoms with van der Waals surface area (Å²) in [6.45, 7) is 4.46. The number of hydrogen-bond donors (Lipinski definition) is 3. The van der Waals surface area contributed by atoms with Crippen molar-refractivity contribution in [3.8, 4) is 5.69 Å². The van der Waals surface area contributed by atoms with Crippen molar-refractivity contribution in [3.05, 3.63) is 34.6 Å². The zero-order valence-electron chi connectivity index (χ0n) is 17.8. The molecule has 1 aliphatic rings. The van der Waals surface area contributed by atoms with Crippen molar-refractivity contribution < 1.29 is 15.1 Å². The van der Waals surface area contributed by atoms with Crippen LogP contribution < -0.4 is 5.32 Å². The van der Waals surface area contributed by atoms with Gasteiger partial charge in [-0.05, 0) is 49.1 Å². The Balaban J connectivity index is 1.39. The molecular weight excluding hydrogens is 402 g/mol. The van der Waals surface area contributed by atoms with E-state index in [1.165, 1.54) is 17.2 Å². The zero-order chi connectivity index (χ0) is 22.2. The second-order valence-corrected chi connectivity index (χ2v) is 8.03. The molecule has 0 bridgehead atoms. The predicted octanol–water partition coefficient (Wildman–Crippen LogP) is 1.61. The van der Waals surface area contributed by atoms with Crippen molar-refractivity contribution in [2.24, 2.45) is 5.92 Å². The van der Waals surface area contributed by atoms with Gasteiger partial charge in [0.25, 0.3) is 5.69 Å². The average molecular weight is 434 g/mol. The molecule has 31 heavy (non-hydrogen) atoms. The fourth-order valence-corrected chi connectivity index (χ4v) is 4.12. The standard InChI is InChI=1S/C20H31N7O4/c1-15-19(13-28)25(11-8-20(15)29)10-5-3-2-4-9-21-17-7-6-16(12-18(17)27(30)31)26-23-14-22-24-26/h6-7,12,14-15,19-21,28-29H,2-5,8-11,13H2,1H3/t15?,19-,20-/m1/s1. The number of nitro groups is 1. The van der Waals surface area contributed by atoms with Gasteiger partial charge in [-0.1, -0.05) is 19.8 Å². The highest BCUT2D eigenvalue weighted by Gasteiger charge is 2.33. The van der Waals surface area contributed by atoms with Crippen LogP contribution in [0.1, 0.15) is 39.0 Å². The molecule has 3 atom stereocenters. The monoisotopic (exact) mass is 433 g/mol. The number of aliphatic hydroxyl groups is 2. The first-order valence-corrected chi connectivity index (χ1v) is 10.8. The Labute approximate surface area is 181 Å². The van der Waals surface area contributed by atoms with E-state index in [1.807, 2.05) is 6.92 Å². The lowest BCUT2D eigenvalue weighted by Gasteiger charge is -2.41. The van der Waals surface area contributed by atoms with Crippen LogP contribution in [0, 0.1) is 16.0 Å². The highest BCUT2D eigenvalue weighted by Crippen LogP contribution is 2.27. The van der Waals surface area contributed by atoms with Gasteiger partial charge in [-0.25, -0.2) is 0 Å². The summed E-state index contributed by atoms with van der Waals surface area (Å²) in [6.07, 6.45) is 5.69. The summed E-state index contributed by atoms with van der Waals surface area (Å²) in [5, 5.41) is 45.5. The van der Waals surface area contributed by atoms with Gasteiger partial charge in [0.1, 0.15) is 5.69 Å². The largest absolute Gasteiger partial charge is 0.395 e. The lowest BCUT2D eigenvalue weighted by atomic mass is 9.88. The highest BCUT2D eigenvalue weighted by atomic mass is 16.6. The van der Waals surface area contributed by atoms with E-state index in [2.05, 4.69) is 25.6 Å². The minimum absolute atomic E-state index is 0.0220. The SMILES string of the molecule is CC1[C@H](O)CCN(CCCCCCNc2ccc(-n3ncnn3)cc2[N+](=O)[O-])[C@@H]1CO. The third kappa shape index (κ3) is 5.96. The van der Waals surface area contributed by atoms with Crippen LogP contribution >= 0.6 is 0 Å². The lowest BCUT2D eigenvalue weighted by Crippen LogP contribution is -2.52. The number of nitro benzene ring substituents is 1. The number of piperidine rings is 1. The fraction of sp³-hybridized carbons (Fsp3) is 0.650. The molecule has 1 unspecified atom stereocenters. The van der Waals surface area contributed by atoms with Crippen LogP contribution in [0.3, 0.4) is 0 Å². The van der Waals surface area contributed by atoms with Crippen molar-refractivity contribution >= 4 is 11.4 Å². The first-order valence-electron chi connectivity index (χ1n) is 10.8. The molecule has 3 rings (SSSR count).